The molecule has 94 valence electrons. The molecule has 16 heavy (non-hydrogen) atoms. The fourth-order valence-electron chi connectivity index (χ4n) is 3.36. The normalized spacial score (nSPS) is 31.5. The molecule has 0 radical (unpaired) electrons. The Morgan fingerprint density at radius 3 is 2.62 bits per heavy atom. The van der Waals surface area contributed by atoms with Crippen molar-refractivity contribution in [3.8, 4) is 0 Å². The summed E-state index contributed by atoms with van der Waals surface area (Å²) in [6, 6.07) is 0.785. The number of hydrogen-bond donors (Lipinski definition) is 1. The fraction of sp³-hybridized carbons (Fsp3) is 1.00. The lowest BCUT2D eigenvalue weighted by molar-refractivity contribution is 0.190. The van der Waals surface area contributed by atoms with E-state index < -0.39 is 0 Å². The van der Waals surface area contributed by atoms with Gasteiger partial charge in [-0.25, -0.2) is 0 Å². The molecule has 1 saturated heterocycles. The van der Waals surface area contributed by atoms with E-state index in [1.165, 1.54) is 70.9 Å². The average Bonchev–Trinajstić information content (AvgIpc) is 2.58. The van der Waals surface area contributed by atoms with Gasteiger partial charge in [0.25, 0.3) is 0 Å². The summed E-state index contributed by atoms with van der Waals surface area (Å²) in [6.07, 6.45) is 12.1. The monoisotopic (exact) mass is 224 g/mol. The molecule has 2 nitrogen and oxygen atoms in total. The molecule has 0 amide bonds. The standard InChI is InChI=1S/C14H28N2/c1-13-7-3-2-6-11-16(13)12-10-14(15)8-4-5-9-14/h13H,2-12,15H2,1H3. The second-order valence-electron chi connectivity index (χ2n) is 6.05. The molecule has 0 aromatic heterocycles. The van der Waals surface area contributed by atoms with Crippen molar-refractivity contribution in [2.75, 3.05) is 13.1 Å². The number of likely N-dealkylation sites (tertiary alicyclic amines) is 1. The topological polar surface area (TPSA) is 29.3 Å². The van der Waals surface area contributed by atoms with Crippen LogP contribution < -0.4 is 5.73 Å². The second-order valence-corrected chi connectivity index (χ2v) is 6.05. The van der Waals surface area contributed by atoms with Crippen molar-refractivity contribution in [1.29, 1.82) is 0 Å². The molecule has 1 unspecified atom stereocenters. The number of rotatable bonds is 3. The average molecular weight is 224 g/mol. The minimum absolute atomic E-state index is 0.187. The maximum absolute atomic E-state index is 6.43. The summed E-state index contributed by atoms with van der Waals surface area (Å²) in [7, 11) is 0. The summed E-state index contributed by atoms with van der Waals surface area (Å²) >= 11 is 0. The van der Waals surface area contributed by atoms with Crippen LogP contribution in [0.4, 0.5) is 0 Å². The van der Waals surface area contributed by atoms with Crippen LogP contribution in [0.1, 0.15) is 64.7 Å². The Kier molecular flexibility index (Phi) is 4.26. The zero-order valence-corrected chi connectivity index (χ0v) is 10.9. The fourth-order valence-corrected chi connectivity index (χ4v) is 3.36. The Balaban J connectivity index is 1.79. The van der Waals surface area contributed by atoms with Crippen molar-refractivity contribution >= 4 is 0 Å². The highest BCUT2D eigenvalue weighted by Gasteiger charge is 2.30. The zero-order valence-electron chi connectivity index (χ0n) is 10.9. The molecule has 1 aliphatic carbocycles. The minimum atomic E-state index is 0.187. The van der Waals surface area contributed by atoms with Gasteiger partial charge in [-0.3, -0.25) is 0 Å². The summed E-state index contributed by atoms with van der Waals surface area (Å²) in [6.45, 7) is 4.93. The number of nitrogens with zero attached hydrogens (tertiary/aromatic N) is 1. The first-order valence-electron chi connectivity index (χ1n) is 7.23. The molecule has 2 aliphatic rings. The van der Waals surface area contributed by atoms with E-state index in [2.05, 4.69) is 11.8 Å². The van der Waals surface area contributed by atoms with Gasteiger partial charge in [-0.15, -0.1) is 0 Å². The molecular formula is C14H28N2. The summed E-state index contributed by atoms with van der Waals surface area (Å²) in [5, 5.41) is 0. The van der Waals surface area contributed by atoms with E-state index in [4.69, 9.17) is 5.73 Å². The smallest absolute Gasteiger partial charge is 0.0166 e. The van der Waals surface area contributed by atoms with Crippen molar-refractivity contribution in [3.63, 3.8) is 0 Å². The molecule has 2 rings (SSSR count). The highest BCUT2D eigenvalue weighted by Crippen LogP contribution is 2.30. The van der Waals surface area contributed by atoms with E-state index in [1.54, 1.807) is 0 Å². The highest BCUT2D eigenvalue weighted by molar-refractivity contribution is 4.90. The van der Waals surface area contributed by atoms with Gasteiger partial charge < -0.3 is 10.6 Å². The van der Waals surface area contributed by atoms with E-state index >= 15 is 0 Å². The Hall–Kier alpha value is -0.0800. The lowest BCUT2D eigenvalue weighted by Gasteiger charge is -2.31. The van der Waals surface area contributed by atoms with Gasteiger partial charge in [-0.05, 0) is 45.6 Å². The quantitative estimate of drug-likeness (QED) is 0.798. The van der Waals surface area contributed by atoms with Gasteiger partial charge in [-0.2, -0.15) is 0 Å². The molecule has 1 aliphatic heterocycles. The molecule has 0 spiro atoms. The van der Waals surface area contributed by atoms with Crippen molar-refractivity contribution in [3.05, 3.63) is 0 Å². The van der Waals surface area contributed by atoms with Crippen molar-refractivity contribution in [2.45, 2.75) is 76.3 Å². The van der Waals surface area contributed by atoms with Crippen molar-refractivity contribution < 1.29 is 0 Å². The Bertz CT molecular complexity index is 209. The van der Waals surface area contributed by atoms with E-state index in [0.29, 0.717) is 0 Å². The third kappa shape index (κ3) is 3.21. The summed E-state index contributed by atoms with van der Waals surface area (Å²) < 4.78 is 0. The second kappa shape index (κ2) is 5.50. The van der Waals surface area contributed by atoms with Gasteiger partial charge in [0.2, 0.25) is 0 Å². The van der Waals surface area contributed by atoms with Gasteiger partial charge in [0, 0.05) is 18.1 Å². The maximum atomic E-state index is 6.43. The molecular weight excluding hydrogens is 196 g/mol. The SMILES string of the molecule is CC1CCCCCN1CCC1(N)CCCC1. The van der Waals surface area contributed by atoms with Crippen LogP contribution in [-0.2, 0) is 0 Å². The molecule has 2 fully saturated rings. The third-order valence-corrected chi connectivity index (χ3v) is 4.69. The van der Waals surface area contributed by atoms with Crippen LogP contribution in [0, 0.1) is 0 Å². The van der Waals surface area contributed by atoms with Crippen molar-refractivity contribution in [1.82, 2.24) is 4.90 Å². The molecule has 1 saturated carbocycles. The molecule has 2 N–H and O–H groups in total. The van der Waals surface area contributed by atoms with Crippen LogP contribution >= 0.6 is 0 Å². The number of nitrogens with two attached hydrogens (primary N) is 1. The lowest BCUT2D eigenvalue weighted by Crippen LogP contribution is -2.42. The summed E-state index contributed by atoms with van der Waals surface area (Å²) in [5.41, 5.74) is 6.62. The van der Waals surface area contributed by atoms with E-state index in [0.717, 1.165) is 6.04 Å². The Labute approximate surface area is 101 Å². The van der Waals surface area contributed by atoms with Crippen LogP contribution in [0.2, 0.25) is 0 Å². The van der Waals surface area contributed by atoms with Crippen LogP contribution in [0.5, 0.6) is 0 Å². The molecule has 2 heteroatoms. The van der Waals surface area contributed by atoms with Crippen LogP contribution in [-0.4, -0.2) is 29.6 Å². The Morgan fingerprint density at radius 1 is 1.12 bits per heavy atom. The first kappa shape index (κ1) is 12.4. The predicted octanol–water partition coefficient (Wildman–Crippen LogP) is 2.91. The van der Waals surface area contributed by atoms with Gasteiger partial charge in [0.1, 0.15) is 0 Å². The first-order chi connectivity index (χ1) is 7.70. The van der Waals surface area contributed by atoms with E-state index in [9.17, 15) is 0 Å². The molecule has 0 bridgehead atoms. The lowest BCUT2D eigenvalue weighted by atomic mass is 9.94. The van der Waals surface area contributed by atoms with Gasteiger partial charge in [-0.1, -0.05) is 25.7 Å². The van der Waals surface area contributed by atoms with Gasteiger partial charge >= 0.3 is 0 Å². The predicted molar refractivity (Wildman–Crippen MR) is 69.5 cm³/mol. The third-order valence-electron chi connectivity index (χ3n) is 4.69. The number of hydrogen-bond acceptors (Lipinski definition) is 2. The van der Waals surface area contributed by atoms with Crippen LogP contribution in [0.3, 0.4) is 0 Å². The first-order valence-corrected chi connectivity index (χ1v) is 7.23. The van der Waals surface area contributed by atoms with E-state index in [1.807, 2.05) is 0 Å². The Morgan fingerprint density at radius 2 is 1.88 bits per heavy atom. The van der Waals surface area contributed by atoms with Gasteiger partial charge in [0.15, 0.2) is 0 Å². The maximum Gasteiger partial charge on any atom is 0.0166 e. The van der Waals surface area contributed by atoms with Crippen molar-refractivity contribution in [2.24, 2.45) is 5.73 Å². The van der Waals surface area contributed by atoms with Gasteiger partial charge in [0.05, 0.1) is 0 Å². The molecule has 0 aromatic rings. The zero-order chi connectivity index (χ0) is 11.4. The summed E-state index contributed by atoms with van der Waals surface area (Å²) in [4.78, 5) is 2.68. The molecule has 0 aromatic carbocycles. The molecule has 1 atom stereocenters. The highest BCUT2D eigenvalue weighted by atomic mass is 15.1. The van der Waals surface area contributed by atoms with E-state index in [-0.39, 0.29) is 5.54 Å². The summed E-state index contributed by atoms with van der Waals surface area (Å²) in [5.74, 6) is 0. The molecule has 1 heterocycles. The largest absolute Gasteiger partial charge is 0.325 e. The van der Waals surface area contributed by atoms with Crippen LogP contribution in [0.25, 0.3) is 0 Å². The van der Waals surface area contributed by atoms with Crippen LogP contribution in [0.15, 0.2) is 0 Å². The minimum Gasteiger partial charge on any atom is -0.325 e.